The minimum absolute atomic E-state index is 0.0793. The molecule has 32 heavy (non-hydrogen) atoms. The number of hydrogen-bond acceptors (Lipinski definition) is 4. The average molecular weight is 498 g/mol. The van der Waals surface area contributed by atoms with Crippen LogP contribution in [-0.4, -0.2) is 56.6 Å². The minimum atomic E-state index is -3.84. The first-order valence-corrected chi connectivity index (χ1v) is 12.3. The Kier molecular flexibility index (Phi) is 7.82. The lowest BCUT2D eigenvalue weighted by Crippen LogP contribution is -2.43. The van der Waals surface area contributed by atoms with Gasteiger partial charge in [0, 0.05) is 45.2 Å². The number of nitrogens with one attached hydrogen (secondary N) is 1. The number of piperidine rings is 1. The van der Waals surface area contributed by atoms with Crippen molar-refractivity contribution in [3.63, 3.8) is 0 Å². The molecule has 1 heterocycles. The van der Waals surface area contributed by atoms with Crippen LogP contribution in [-0.2, 0) is 21.4 Å². The maximum atomic E-state index is 13.0. The molecule has 1 aliphatic rings. The zero-order valence-electron chi connectivity index (χ0n) is 17.8. The first kappa shape index (κ1) is 24.5. The number of carbonyl (C=O) groups excluding carboxylic acids is 2. The Morgan fingerprint density at radius 1 is 1.03 bits per heavy atom. The lowest BCUT2D eigenvalue weighted by atomic mass is 9.97. The van der Waals surface area contributed by atoms with Gasteiger partial charge in [-0.1, -0.05) is 41.4 Å². The Bertz CT molecular complexity index is 1080. The van der Waals surface area contributed by atoms with Gasteiger partial charge in [0.25, 0.3) is 5.91 Å². The van der Waals surface area contributed by atoms with E-state index in [-0.39, 0.29) is 45.8 Å². The van der Waals surface area contributed by atoms with Gasteiger partial charge in [-0.25, -0.2) is 8.42 Å². The van der Waals surface area contributed by atoms with Crippen LogP contribution in [0.15, 0.2) is 47.4 Å². The van der Waals surface area contributed by atoms with Gasteiger partial charge in [0.15, 0.2) is 0 Å². The van der Waals surface area contributed by atoms with E-state index in [0.29, 0.717) is 24.9 Å². The molecule has 2 amide bonds. The van der Waals surface area contributed by atoms with Gasteiger partial charge in [0.2, 0.25) is 15.9 Å². The SMILES string of the molecule is CN(C)C(=O)c1ccc(CNC(=O)C2CCN(S(=O)(=O)c3c(Cl)cccc3Cl)CC2)cc1. The average Bonchev–Trinajstić information content (AvgIpc) is 2.77. The molecule has 10 heteroatoms. The number of carbonyl (C=O) groups is 2. The molecule has 0 unspecified atom stereocenters. The predicted octanol–water partition coefficient (Wildman–Crippen LogP) is 3.41. The van der Waals surface area contributed by atoms with E-state index in [0.717, 1.165) is 5.56 Å². The van der Waals surface area contributed by atoms with Gasteiger partial charge in [-0.2, -0.15) is 4.31 Å². The van der Waals surface area contributed by atoms with Gasteiger partial charge in [0.1, 0.15) is 4.90 Å². The summed E-state index contributed by atoms with van der Waals surface area (Å²) in [6, 6.07) is 11.6. The van der Waals surface area contributed by atoms with Crippen molar-refractivity contribution in [3.05, 3.63) is 63.6 Å². The Hall–Kier alpha value is -2.13. The molecule has 0 saturated carbocycles. The van der Waals surface area contributed by atoms with Gasteiger partial charge in [-0.3, -0.25) is 9.59 Å². The quantitative estimate of drug-likeness (QED) is 0.662. The summed E-state index contributed by atoms with van der Waals surface area (Å²) < 4.78 is 27.2. The highest BCUT2D eigenvalue weighted by Crippen LogP contribution is 2.33. The van der Waals surface area contributed by atoms with Gasteiger partial charge in [-0.15, -0.1) is 0 Å². The maximum absolute atomic E-state index is 13.0. The zero-order valence-corrected chi connectivity index (χ0v) is 20.2. The highest BCUT2D eigenvalue weighted by atomic mass is 35.5. The summed E-state index contributed by atoms with van der Waals surface area (Å²) in [5.74, 6) is -0.482. The van der Waals surface area contributed by atoms with Crippen molar-refractivity contribution in [1.82, 2.24) is 14.5 Å². The topological polar surface area (TPSA) is 86.8 Å². The number of rotatable bonds is 6. The Balaban J connectivity index is 1.55. The second-order valence-corrected chi connectivity index (χ2v) is 10.5. The van der Waals surface area contributed by atoms with Crippen LogP contribution < -0.4 is 5.32 Å². The number of amides is 2. The number of sulfonamides is 1. The number of benzene rings is 2. The van der Waals surface area contributed by atoms with E-state index in [2.05, 4.69) is 5.32 Å². The van der Waals surface area contributed by atoms with Crippen LogP contribution in [0.2, 0.25) is 10.0 Å². The van der Waals surface area contributed by atoms with Crippen molar-refractivity contribution < 1.29 is 18.0 Å². The van der Waals surface area contributed by atoms with Gasteiger partial charge >= 0.3 is 0 Å². The van der Waals surface area contributed by atoms with Crippen LogP contribution in [0.4, 0.5) is 0 Å². The normalized spacial score (nSPS) is 15.4. The summed E-state index contributed by atoms with van der Waals surface area (Å²) in [6.45, 7) is 0.760. The van der Waals surface area contributed by atoms with Crippen LogP contribution in [0.5, 0.6) is 0 Å². The summed E-state index contributed by atoms with van der Waals surface area (Å²) in [5, 5.41) is 3.06. The lowest BCUT2D eigenvalue weighted by molar-refractivity contribution is -0.126. The summed E-state index contributed by atoms with van der Waals surface area (Å²) in [5.41, 5.74) is 1.46. The summed E-state index contributed by atoms with van der Waals surface area (Å²) in [7, 11) is -0.457. The molecular formula is C22H25Cl2N3O4S. The Labute approximate surface area is 198 Å². The van der Waals surface area contributed by atoms with Crippen molar-refractivity contribution >= 4 is 45.0 Å². The Morgan fingerprint density at radius 3 is 2.12 bits per heavy atom. The first-order valence-electron chi connectivity index (χ1n) is 10.1. The molecule has 3 rings (SSSR count). The fourth-order valence-corrected chi connectivity index (χ4v) is 6.13. The molecule has 0 radical (unpaired) electrons. The first-order chi connectivity index (χ1) is 15.1. The van der Waals surface area contributed by atoms with Crippen LogP contribution in [0.1, 0.15) is 28.8 Å². The van der Waals surface area contributed by atoms with Crippen LogP contribution in [0, 0.1) is 5.92 Å². The van der Waals surface area contributed by atoms with Crippen LogP contribution in [0.3, 0.4) is 0 Å². The molecule has 1 saturated heterocycles. The van der Waals surface area contributed by atoms with E-state index in [4.69, 9.17) is 23.2 Å². The second kappa shape index (κ2) is 10.2. The predicted molar refractivity (Wildman–Crippen MR) is 124 cm³/mol. The molecule has 0 aromatic heterocycles. The summed E-state index contributed by atoms with van der Waals surface area (Å²) in [4.78, 5) is 25.9. The highest BCUT2D eigenvalue weighted by molar-refractivity contribution is 7.89. The van der Waals surface area contributed by atoms with E-state index in [1.807, 2.05) is 0 Å². The summed E-state index contributed by atoms with van der Waals surface area (Å²) in [6.07, 6.45) is 0.812. The Morgan fingerprint density at radius 2 is 1.59 bits per heavy atom. The van der Waals surface area contributed by atoms with E-state index < -0.39 is 10.0 Å². The number of nitrogens with zero attached hydrogens (tertiary/aromatic N) is 2. The molecule has 0 bridgehead atoms. The fourth-order valence-electron chi connectivity index (χ4n) is 3.57. The van der Waals surface area contributed by atoms with Crippen LogP contribution in [0.25, 0.3) is 0 Å². The smallest absolute Gasteiger partial charge is 0.253 e. The van der Waals surface area contributed by atoms with Crippen molar-refractivity contribution in [1.29, 1.82) is 0 Å². The third-order valence-electron chi connectivity index (χ3n) is 5.42. The van der Waals surface area contributed by atoms with Crippen LogP contribution >= 0.6 is 23.2 Å². The monoisotopic (exact) mass is 497 g/mol. The molecule has 1 fully saturated rings. The third-order valence-corrected chi connectivity index (χ3v) is 8.27. The van der Waals surface area contributed by atoms with Gasteiger partial charge in [0.05, 0.1) is 10.0 Å². The van der Waals surface area contributed by atoms with E-state index in [9.17, 15) is 18.0 Å². The fraction of sp³-hybridized carbons (Fsp3) is 0.364. The highest BCUT2D eigenvalue weighted by Gasteiger charge is 2.34. The molecule has 1 aliphatic heterocycles. The largest absolute Gasteiger partial charge is 0.352 e. The van der Waals surface area contributed by atoms with E-state index >= 15 is 0 Å². The standard InChI is InChI=1S/C22H25Cl2N3O4S/c1-26(2)22(29)17-8-6-15(7-9-17)14-25-21(28)16-10-12-27(13-11-16)32(30,31)20-18(23)4-3-5-19(20)24/h3-9,16H,10-14H2,1-2H3,(H,25,28). The third kappa shape index (κ3) is 5.43. The molecule has 0 atom stereocenters. The second-order valence-electron chi connectivity index (χ2n) is 7.84. The van der Waals surface area contributed by atoms with Gasteiger partial charge in [-0.05, 0) is 42.7 Å². The maximum Gasteiger partial charge on any atom is 0.253 e. The van der Waals surface area contributed by atoms with Crippen molar-refractivity contribution in [2.45, 2.75) is 24.3 Å². The number of halogens is 2. The molecule has 2 aromatic rings. The zero-order chi connectivity index (χ0) is 23.5. The lowest BCUT2D eigenvalue weighted by Gasteiger charge is -2.31. The molecule has 2 aromatic carbocycles. The summed E-state index contributed by atoms with van der Waals surface area (Å²) >= 11 is 12.2. The van der Waals surface area contributed by atoms with Gasteiger partial charge < -0.3 is 10.2 Å². The van der Waals surface area contributed by atoms with Crippen molar-refractivity contribution in [2.75, 3.05) is 27.2 Å². The molecule has 172 valence electrons. The molecule has 0 aliphatic carbocycles. The molecule has 1 N–H and O–H groups in total. The minimum Gasteiger partial charge on any atom is -0.352 e. The van der Waals surface area contributed by atoms with Crippen molar-refractivity contribution in [2.24, 2.45) is 5.92 Å². The molecule has 7 nitrogen and oxygen atoms in total. The molecular weight excluding hydrogens is 473 g/mol. The van der Waals surface area contributed by atoms with E-state index in [1.54, 1.807) is 44.4 Å². The van der Waals surface area contributed by atoms with Crippen molar-refractivity contribution in [3.8, 4) is 0 Å². The van der Waals surface area contributed by atoms with E-state index in [1.165, 1.54) is 21.3 Å². The molecule has 0 spiro atoms. The number of hydrogen-bond donors (Lipinski definition) is 1.